The van der Waals surface area contributed by atoms with Gasteiger partial charge in [-0.15, -0.1) is 0 Å². The summed E-state index contributed by atoms with van der Waals surface area (Å²) in [5.41, 5.74) is 3.31. The summed E-state index contributed by atoms with van der Waals surface area (Å²) in [5.74, 6) is 0.613. The Kier molecular flexibility index (Phi) is 6.21. The van der Waals surface area contributed by atoms with Crippen molar-refractivity contribution in [2.45, 2.75) is 46.1 Å². The Morgan fingerprint density at radius 2 is 1.43 bits per heavy atom. The Bertz CT molecular complexity index is 617. The van der Waals surface area contributed by atoms with E-state index in [0.29, 0.717) is 6.42 Å². The molecule has 0 heterocycles. The number of benzene rings is 2. The Balaban J connectivity index is 1.99. The van der Waals surface area contributed by atoms with Crippen molar-refractivity contribution in [1.82, 2.24) is 0 Å². The van der Waals surface area contributed by atoms with Gasteiger partial charge in [0.05, 0.1) is 0 Å². The number of carbonyl (C=O) groups excluding carboxylic acids is 1. The normalized spacial score (nSPS) is 11.8. The van der Waals surface area contributed by atoms with Crippen LogP contribution in [0.25, 0.3) is 0 Å². The molecule has 0 aliphatic rings. The molecule has 2 aromatic rings. The molecule has 0 aromatic heterocycles. The standard InChI is InChI=1S/C20H25NO2/c1-4-15-7-11-17(12-8-15)21-20(22)19(6-3)23-18-13-9-16(5-2)10-14-18/h7-14,19H,4-6H2,1-3H3,(H,21,22). The number of nitrogens with one attached hydrogen (secondary N) is 1. The zero-order valence-corrected chi connectivity index (χ0v) is 14.1. The van der Waals surface area contributed by atoms with Crippen molar-refractivity contribution in [3.05, 3.63) is 59.7 Å². The molecule has 1 atom stereocenters. The van der Waals surface area contributed by atoms with Gasteiger partial charge >= 0.3 is 0 Å². The third-order valence-corrected chi connectivity index (χ3v) is 3.90. The summed E-state index contributed by atoms with van der Waals surface area (Å²) in [4.78, 5) is 12.4. The molecule has 0 aliphatic heterocycles. The van der Waals surface area contributed by atoms with E-state index in [9.17, 15) is 4.79 Å². The molecule has 3 nitrogen and oxygen atoms in total. The van der Waals surface area contributed by atoms with Gasteiger partial charge in [-0.2, -0.15) is 0 Å². The second kappa shape index (κ2) is 8.37. The quantitative estimate of drug-likeness (QED) is 0.811. The monoisotopic (exact) mass is 311 g/mol. The lowest BCUT2D eigenvalue weighted by molar-refractivity contribution is -0.122. The Morgan fingerprint density at radius 3 is 1.91 bits per heavy atom. The van der Waals surface area contributed by atoms with E-state index in [1.807, 2.05) is 55.5 Å². The van der Waals surface area contributed by atoms with Gasteiger partial charge < -0.3 is 10.1 Å². The molecular formula is C20H25NO2. The summed E-state index contributed by atoms with van der Waals surface area (Å²) in [5, 5.41) is 2.92. The van der Waals surface area contributed by atoms with E-state index in [4.69, 9.17) is 4.74 Å². The van der Waals surface area contributed by atoms with Gasteiger partial charge in [0.1, 0.15) is 5.75 Å². The summed E-state index contributed by atoms with van der Waals surface area (Å²) in [6, 6.07) is 15.8. The summed E-state index contributed by atoms with van der Waals surface area (Å²) < 4.78 is 5.83. The van der Waals surface area contributed by atoms with Gasteiger partial charge in [0.2, 0.25) is 0 Å². The van der Waals surface area contributed by atoms with Crippen molar-refractivity contribution in [1.29, 1.82) is 0 Å². The first kappa shape index (κ1) is 17.1. The Labute approximate surface area is 138 Å². The van der Waals surface area contributed by atoms with Crippen LogP contribution in [0.3, 0.4) is 0 Å². The van der Waals surface area contributed by atoms with Crippen LogP contribution in [0.5, 0.6) is 5.75 Å². The van der Waals surface area contributed by atoms with Crippen molar-refractivity contribution >= 4 is 11.6 Å². The lowest BCUT2D eigenvalue weighted by Crippen LogP contribution is -2.32. The van der Waals surface area contributed by atoms with Crippen LogP contribution >= 0.6 is 0 Å². The SMILES string of the molecule is CCc1ccc(NC(=O)C(CC)Oc2ccc(CC)cc2)cc1. The molecule has 1 unspecified atom stereocenters. The van der Waals surface area contributed by atoms with E-state index >= 15 is 0 Å². The third kappa shape index (κ3) is 4.85. The van der Waals surface area contributed by atoms with Gasteiger partial charge in [-0.3, -0.25) is 4.79 Å². The van der Waals surface area contributed by atoms with Crippen LogP contribution in [0.15, 0.2) is 48.5 Å². The zero-order valence-electron chi connectivity index (χ0n) is 14.1. The van der Waals surface area contributed by atoms with Crippen LogP contribution in [-0.4, -0.2) is 12.0 Å². The maximum atomic E-state index is 12.4. The van der Waals surface area contributed by atoms with E-state index in [2.05, 4.69) is 19.2 Å². The number of aryl methyl sites for hydroxylation is 2. The molecule has 0 spiro atoms. The third-order valence-electron chi connectivity index (χ3n) is 3.90. The fourth-order valence-corrected chi connectivity index (χ4v) is 2.34. The Morgan fingerprint density at radius 1 is 0.913 bits per heavy atom. The van der Waals surface area contributed by atoms with Gasteiger partial charge in [-0.05, 0) is 54.7 Å². The largest absolute Gasteiger partial charge is 0.481 e. The first-order valence-electron chi connectivity index (χ1n) is 8.31. The second-order valence-corrected chi connectivity index (χ2v) is 5.55. The number of carbonyl (C=O) groups is 1. The highest BCUT2D eigenvalue weighted by atomic mass is 16.5. The molecule has 0 fully saturated rings. The van der Waals surface area contributed by atoms with Crippen LogP contribution in [0.2, 0.25) is 0 Å². The van der Waals surface area contributed by atoms with Crippen LogP contribution in [0.4, 0.5) is 5.69 Å². The fourth-order valence-electron chi connectivity index (χ4n) is 2.34. The van der Waals surface area contributed by atoms with Crippen molar-refractivity contribution in [2.75, 3.05) is 5.32 Å². The maximum Gasteiger partial charge on any atom is 0.265 e. The summed E-state index contributed by atoms with van der Waals surface area (Å²) >= 11 is 0. The molecule has 0 saturated heterocycles. The van der Waals surface area contributed by atoms with E-state index in [1.165, 1.54) is 11.1 Å². The van der Waals surface area contributed by atoms with Crippen LogP contribution in [0.1, 0.15) is 38.3 Å². The number of hydrogen-bond acceptors (Lipinski definition) is 2. The minimum absolute atomic E-state index is 0.115. The average Bonchev–Trinajstić information content (AvgIpc) is 2.60. The average molecular weight is 311 g/mol. The number of rotatable bonds is 7. The summed E-state index contributed by atoms with van der Waals surface area (Å²) in [7, 11) is 0. The molecule has 0 aliphatic carbocycles. The minimum atomic E-state index is -0.492. The van der Waals surface area contributed by atoms with Gasteiger partial charge in [-0.25, -0.2) is 0 Å². The number of anilines is 1. The fraction of sp³-hybridized carbons (Fsp3) is 0.350. The molecule has 1 amide bonds. The lowest BCUT2D eigenvalue weighted by Gasteiger charge is -2.17. The molecule has 2 rings (SSSR count). The summed E-state index contributed by atoms with van der Waals surface area (Å²) in [6.07, 6.45) is 2.11. The summed E-state index contributed by atoms with van der Waals surface area (Å²) in [6.45, 7) is 6.17. The molecular weight excluding hydrogens is 286 g/mol. The molecule has 3 heteroatoms. The Hall–Kier alpha value is -2.29. The van der Waals surface area contributed by atoms with Crippen molar-refractivity contribution in [2.24, 2.45) is 0 Å². The smallest absolute Gasteiger partial charge is 0.265 e. The van der Waals surface area contributed by atoms with E-state index in [1.54, 1.807) is 0 Å². The first-order valence-corrected chi connectivity index (χ1v) is 8.31. The highest BCUT2D eigenvalue weighted by molar-refractivity contribution is 5.94. The molecule has 1 N–H and O–H groups in total. The number of hydrogen-bond donors (Lipinski definition) is 1. The molecule has 0 bridgehead atoms. The van der Waals surface area contributed by atoms with Crippen LogP contribution < -0.4 is 10.1 Å². The predicted molar refractivity (Wildman–Crippen MR) is 95.0 cm³/mol. The molecule has 0 saturated carbocycles. The van der Waals surface area contributed by atoms with Gasteiger partial charge in [0.15, 0.2) is 6.10 Å². The molecule has 23 heavy (non-hydrogen) atoms. The van der Waals surface area contributed by atoms with Crippen LogP contribution in [0, 0.1) is 0 Å². The van der Waals surface area contributed by atoms with Crippen molar-refractivity contribution < 1.29 is 9.53 Å². The highest BCUT2D eigenvalue weighted by Crippen LogP contribution is 2.17. The van der Waals surface area contributed by atoms with Crippen molar-refractivity contribution in [3.63, 3.8) is 0 Å². The first-order chi connectivity index (χ1) is 11.2. The van der Waals surface area contributed by atoms with Gasteiger partial charge in [0, 0.05) is 5.69 Å². The molecule has 0 radical (unpaired) electrons. The minimum Gasteiger partial charge on any atom is -0.481 e. The highest BCUT2D eigenvalue weighted by Gasteiger charge is 2.18. The van der Waals surface area contributed by atoms with Crippen molar-refractivity contribution in [3.8, 4) is 5.75 Å². The zero-order chi connectivity index (χ0) is 16.7. The maximum absolute atomic E-state index is 12.4. The van der Waals surface area contributed by atoms with Gasteiger partial charge in [-0.1, -0.05) is 45.0 Å². The van der Waals surface area contributed by atoms with E-state index in [0.717, 1.165) is 24.3 Å². The second-order valence-electron chi connectivity index (χ2n) is 5.55. The van der Waals surface area contributed by atoms with Crippen LogP contribution in [-0.2, 0) is 17.6 Å². The lowest BCUT2D eigenvalue weighted by atomic mass is 10.1. The number of amides is 1. The predicted octanol–water partition coefficient (Wildman–Crippen LogP) is 4.61. The number of ether oxygens (including phenoxy) is 1. The molecule has 2 aromatic carbocycles. The topological polar surface area (TPSA) is 38.3 Å². The van der Waals surface area contributed by atoms with E-state index in [-0.39, 0.29) is 5.91 Å². The van der Waals surface area contributed by atoms with E-state index < -0.39 is 6.10 Å². The molecule has 122 valence electrons. The van der Waals surface area contributed by atoms with Gasteiger partial charge in [0.25, 0.3) is 5.91 Å².